The quantitative estimate of drug-likeness (QED) is 0.208. The van der Waals surface area contributed by atoms with Crippen LogP contribution in [0.25, 0.3) is 11.1 Å². The SMILES string of the molecule is Cc1ccc(C(=[NH2+])N=NN)cc1-c1ccc(NC(=O)c2c(F)cccc2F)cc1. The number of benzene rings is 3. The van der Waals surface area contributed by atoms with Gasteiger partial charge >= 0.3 is 5.84 Å². The molecule has 0 aliphatic rings. The molecule has 1 amide bonds. The number of hydrogen-bond acceptors (Lipinski definition) is 2. The summed E-state index contributed by atoms with van der Waals surface area (Å²) in [6.45, 7) is 1.94. The molecule has 0 saturated heterocycles. The third-order valence-corrected chi connectivity index (χ3v) is 4.34. The average molecular weight is 394 g/mol. The first kappa shape index (κ1) is 19.8. The van der Waals surface area contributed by atoms with E-state index in [4.69, 9.17) is 11.3 Å². The van der Waals surface area contributed by atoms with Crippen molar-refractivity contribution < 1.29 is 19.0 Å². The molecule has 0 aliphatic carbocycles. The van der Waals surface area contributed by atoms with Crippen molar-refractivity contribution in [1.82, 2.24) is 0 Å². The van der Waals surface area contributed by atoms with Crippen LogP contribution in [0.5, 0.6) is 0 Å². The Morgan fingerprint density at radius 2 is 1.69 bits per heavy atom. The molecule has 29 heavy (non-hydrogen) atoms. The molecule has 3 aromatic carbocycles. The van der Waals surface area contributed by atoms with Gasteiger partial charge in [-0.2, -0.15) is 0 Å². The maximum atomic E-state index is 13.8. The van der Waals surface area contributed by atoms with Gasteiger partial charge in [-0.25, -0.2) is 8.78 Å². The van der Waals surface area contributed by atoms with Gasteiger partial charge in [-0.3, -0.25) is 16.0 Å². The van der Waals surface area contributed by atoms with Crippen LogP contribution in [0.15, 0.2) is 71.0 Å². The molecule has 5 N–H and O–H groups in total. The Hall–Kier alpha value is -3.94. The van der Waals surface area contributed by atoms with Crippen molar-refractivity contribution in [1.29, 1.82) is 0 Å². The first-order valence-corrected chi connectivity index (χ1v) is 8.61. The number of amides is 1. The number of nitrogens with one attached hydrogen (secondary N) is 1. The van der Waals surface area contributed by atoms with E-state index in [0.29, 0.717) is 11.3 Å². The van der Waals surface area contributed by atoms with Gasteiger partial charge in [0, 0.05) is 10.9 Å². The molecule has 0 fully saturated rings. The van der Waals surface area contributed by atoms with Gasteiger partial charge in [0.05, 0.1) is 10.7 Å². The second-order valence-corrected chi connectivity index (χ2v) is 6.26. The average Bonchev–Trinajstić information content (AvgIpc) is 2.69. The highest BCUT2D eigenvalue weighted by Crippen LogP contribution is 2.26. The fraction of sp³-hybridized carbons (Fsp3) is 0.0476. The molecule has 146 valence electrons. The van der Waals surface area contributed by atoms with Crippen LogP contribution in [0.2, 0.25) is 0 Å². The van der Waals surface area contributed by atoms with Crippen molar-refractivity contribution in [3.05, 3.63) is 89.0 Å². The van der Waals surface area contributed by atoms with Gasteiger partial charge in [-0.05, 0) is 60.0 Å². The summed E-state index contributed by atoms with van der Waals surface area (Å²) in [5.74, 6) is 2.52. The highest BCUT2D eigenvalue weighted by Gasteiger charge is 2.17. The topological polar surface area (TPSA) is 105 Å². The minimum atomic E-state index is -0.921. The lowest BCUT2D eigenvalue weighted by Crippen LogP contribution is -2.39. The second-order valence-electron chi connectivity index (χ2n) is 6.26. The molecule has 0 saturated carbocycles. The van der Waals surface area contributed by atoms with Crippen molar-refractivity contribution in [3.63, 3.8) is 0 Å². The molecular formula is C21H18F2N5O+. The number of aryl methyl sites for hydroxylation is 1. The Bertz CT molecular complexity index is 1090. The Morgan fingerprint density at radius 3 is 2.31 bits per heavy atom. The summed E-state index contributed by atoms with van der Waals surface area (Å²) < 4.78 is 27.5. The fourth-order valence-electron chi connectivity index (χ4n) is 2.85. The third kappa shape index (κ3) is 4.32. The molecule has 0 unspecified atom stereocenters. The lowest BCUT2D eigenvalue weighted by Gasteiger charge is -2.10. The fourth-order valence-corrected chi connectivity index (χ4v) is 2.85. The third-order valence-electron chi connectivity index (χ3n) is 4.34. The molecule has 0 heterocycles. The van der Waals surface area contributed by atoms with Gasteiger partial charge in [0.25, 0.3) is 5.91 Å². The summed E-state index contributed by atoms with van der Waals surface area (Å²) in [6, 6.07) is 15.7. The van der Waals surface area contributed by atoms with Crippen molar-refractivity contribution in [2.45, 2.75) is 6.92 Å². The Labute approximate surface area is 165 Å². The molecule has 0 atom stereocenters. The Balaban J connectivity index is 1.85. The van der Waals surface area contributed by atoms with Crippen molar-refractivity contribution in [2.24, 2.45) is 16.2 Å². The predicted octanol–water partition coefficient (Wildman–Crippen LogP) is 3.02. The first-order chi connectivity index (χ1) is 13.9. The molecule has 0 radical (unpaired) electrons. The summed E-state index contributed by atoms with van der Waals surface area (Å²) in [7, 11) is 0. The van der Waals surface area contributed by atoms with E-state index in [9.17, 15) is 13.6 Å². The summed E-state index contributed by atoms with van der Waals surface area (Å²) in [5.41, 5.74) is 3.19. The highest BCUT2D eigenvalue weighted by molar-refractivity contribution is 6.04. The number of anilines is 1. The van der Waals surface area contributed by atoms with E-state index >= 15 is 0 Å². The number of carbonyl (C=O) groups excluding carboxylic acids is 1. The molecule has 0 spiro atoms. The normalized spacial score (nSPS) is 10.9. The molecule has 3 aromatic rings. The number of nitrogens with zero attached hydrogens (tertiary/aromatic N) is 2. The summed E-state index contributed by atoms with van der Waals surface area (Å²) in [6.07, 6.45) is 0. The van der Waals surface area contributed by atoms with E-state index < -0.39 is 23.1 Å². The maximum absolute atomic E-state index is 13.8. The summed E-state index contributed by atoms with van der Waals surface area (Å²) >= 11 is 0. The largest absolute Gasteiger partial charge is 0.350 e. The van der Waals surface area contributed by atoms with Crippen LogP contribution in [0.3, 0.4) is 0 Å². The smallest absolute Gasteiger partial charge is 0.322 e. The van der Waals surface area contributed by atoms with Gasteiger partial charge in [-0.15, -0.1) is 0 Å². The van der Waals surface area contributed by atoms with Gasteiger partial charge in [0.1, 0.15) is 17.2 Å². The van der Waals surface area contributed by atoms with Gasteiger partial charge < -0.3 is 5.32 Å². The molecular weight excluding hydrogens is 376 g/mol. The summed E-state index contributed by atoms with van der Waals surface area (Å²) in [5, 5.41) is 15.1. The first-order valence-electron chi connectivity index (χ1n) is 8.61. The Morgan fingerprint density at radius 1 is 1.03 bits per heavy atom. The van der Waals surface area contributed by atoms with Crippen LogP contribution >= 0.6 is 0 Å². The summed E-state index contributed by atoms with van der Waals surface area (Å²) in [4.78, 5) is 12.2. The zero-order valence-corrected chi connectivity index (χ0v) is 15.5. The van der Waals surface area contributed by atoms with Crippen LogP contribution in [-0.4, -0.2) is 11.7 Å². The van der Waals surface area contributed by atoms with E-state index in [1.54, 1.807) is 30.3 Å². The van der Waals surface area contributed by atoms with Crippen molar-refractivity contribution >= 4 is 17.4 Å². The second kappa shape index (κ2) is 8.39. The molecule has 8 heteroatoms. The number of halogens is 2. The zero-order valence-electron chi connectivity index (χ0n) is 15.5. The highest BCUT2D eigenvalue weighted by atomic mass is 19.1. The maximum Gasteiger partial charge on any atom is 0.350 e. The van der Waals surface area contributed by atoms with Crippen LogP contribution in [0.1, 0.15) is 21.5 Å². The van der Waals surface area contributed by atoms with Crippen molar-refractivity contribution in [2.75, 3.05) is 5.32 Å². The zero-order chi connectivity index (χ0) is 21.0. The molecule has 0 aromatic heterocycles. The number of nitrogens with two attached hydrogens (primary N) is 2. The van der Waals surface area contributed by atoms with Crippen LogP contribution in [0.4, 0.5) is 14.5 Å². The lowest BCUT2D eigenvalue weighted by molar-refractivity contribution is -0.114. The van der Waals surface area contributed by atoms with E-state index in [-0.39, 0.29) is 5.84 Å². The van der Waals surface area contributed by atoms with Crippen molar-refractivity contribution in [3.8, 4) is 11.1 Å². The van der Waals surface area contributed by atoms with E-state index in [2.05, 4.69) is 15.7 Å². The van der Waals surface area contributed by atoms with Crippen LogP contribution in [0, 0.1) is 18.6 Å². The van der Waals surface area contributed by atoms with Crippen LogP contribution < -0.4 is 16.6 Å². The number of carbonyl (C=O) groups is 1. The predicted molar refractivity (Wildman–Crippen MR) is 106 cm³/mol. The van der Waals surface area contributed by atoms with Gasteiger partial charge in [0.2, 0.25) is 0 Å². The number of amidine groups is 1. The Kier molecular flexibility index (Phi) is 5.73. The minimum Gasteiger partial charge on any atom is -0.322 e. The standard InChI is InChI=1S/C21H17F2N5O/c1-12-5-6-14(20(24)27-28-25)11-16(12)13-7-9-15(10-8-13)26-21(29)19-17(22)3-2-4-18(19)23/h2-11H,1H3,(H,26,29)(H3,24,25,27)/p+1. The van der Waals surface area contributed by atoms with E-state index in [1.165, 1.54) is 6.07 Å². The lowest BCUT2D eigenvalue weighted by atomic mass is 9.97. The number of rotatable bonds is 4. The van der Waals surface area contributed by atoms with E-state index in [0.717, 1.165) is 28.8 Å². The monoisotopic (exact) mass is 394 g/mol. The molecule has 0 aliphatic heterocycles. The molecule has 6 nitrogen and oxygen atoms in total. The molecule has 3 rings (SSSR count). The van der Waals surface area contributed by atoms with Gasteiger partial charge in [0.15, 0.2) is 0 Å². The molecule has 0 bridgehead atoms. The van der Waals surface area contributed by atoms with E-state index in [1.807, 2.05) is 19.1 Å². The van der Waals surface area contributed by atoms with Crippen LogP contribution in [-0.2, 0) is 0 Å². The van der Waals surface area contributed by atoms with Gasteiger partial charge in [-0.1, -0.05) is 24.3 Å². The minimum absolute atomic E-state index is 0.185. The number of hydrogen-bond donors (Lipinski definition) is 3.